The summed E-state index contributed by atoms with van der Waals surface area (Å²) in [7, 11) is 0. The number of hydrogen-bond donors (Lipinski definition) is 3. The number of aromatic nitrogens is 3. The summed E-state index contributed by atoms with van der Waals surface area (Å²) in [5.41, 5.74) is 1.85. The normalized spacial score (nSPS) is 11.2. The average molecular weight is 398 g/mol. The maximum absolute atomic E-state index is 10.6. The standard InChI is InChI=1S/C20H16ClN3O2S/c1-2-11-10-14(18(26)16(21)17(11)25)19-22-23-20(27)24(19)15-9-5-7-12-6-3-4-8-13(12)15/h3-10,25-26H,2H2,1H3,(H,23,27). The van der Waals surface area contributed by atoms with Crippen molar-refractivity contribution in [2.75, 3.05) is 0 Å². The summed E-state index contributed by atoms with van der Waals surface area (Å²) in [6, 6.07) is 15.5. The van der Waals surface area contributed by atoms with Gasteiger partial charge in [0.05, 0.1) is 11.3 Å². The fourth-order valence-electron chi connectivity index (χ4n) is 3.23. The highest BCUT2D eigenvalue weighted by Gasteiger charge is 2.21. The molecule has 0 saturated heterocycles. The van der Waals surface area contributed by atoms with Crippen LogP contribution in [0.2, 0.25) is 5.02 Å². The molecular weight excluding hydrogens is 382 g/mol. The highest BCUT2D eigenvalue weighted by Crippen LogP contribution is 2.43. The van der Waals surface area contributed by atoms with Crippen LogP contribution < -0.4 is 0 Å². The fraction of sp³-hybridized carbons (Fsp3) is 0.100. The Kier molecular flexibility index (Phi) is 4.37. The molecule has 0 unspecified atom stereocenters. The van der Waals surface area contributed by atoms with E-state index in [1.807, 2.05) is 49.4 Å². The molecule has 27 heavy (non-hydrogen) atoms. The van der Waals surface area contributed by atoms with Gasteiger partial charge in [-0.15, -0.1) is 0 Å². The van der Waals surface area contributed by atoms with Gasteiger partial charge in [0.1, 0.15) is 16.5 Å². The minimum absolute atomic E-state index is 0.0947. The average Bonchev–Trinajstić information content (AvgIpc) is 3.07. The van der Waals surface area contributed by atoms with E-state index in [0.29, 0.717) is 28.1 Å². The van der Waals surface area contributed by atoms with Gasteiger partial charge in [0.25, 0.3) is 0 Å². The molecule has 0 radical (unpaired) electrons. The molecule has 0 aliphatic carbocycles. The van der Waals surface area contributed by atoms with Gasteiger partial charge in [-0.25, -0.2) is 0 Å². The molecule has 7 heteroatoms. The largest absolute Gasteiger partial charge is 0.506 e. The van der Waals surface area contributed by atoms with Gasteiger partial charge in [-0.2, -0.15) is 5.10 Å². The van der Waals surface area contributed by atoms with E-state index >= 15 is 0 Å². The quantitative estimate of drug-likeness (QED) is 0.406. The molecule has 1 heterocycles. The molecule has 4 rings (SSSR count). The molecule has 136 valence electrons. The number of phenolic OH excluding ortho intramolecular Hbond substituents is 2. The molecular formula is C20H16ClN3O2S. The van der Waals surface area contributed by atoms with Crippen molar-refractivity contribution < 1.29 is 10.2 Å². The minimum atomic E-state index is -0.234. The first kappa shape index (κ1) is 17.6. The summed E-state index contributed by atoms with van der Waals surface area (Å²) in [5.74, 6) is 0.0681. The van der Waals surface area contributed by atoms with Crippen LogP contribution in [0.25, 0.3) is 27.8 Å². The lowest BCUT2D eigenvalue weighted by atomic mass is 10.0. The number of phenols is 2. The van der Waals surface area contributed by atoms with Gasteiger partial charge >= 0.3 is 0 Å². The molecule has 5 nitrogen and oxygen atoms in total. The Morgan fingerprint density at radius 3 is 2.63 bits per heavy atom. The van der Waals surface area contributed by atoms with E-state index in [-0.39, 0.29) is 16.5 Å². The molecule has 0 saturated carbocycles. The van der Waals surface area contributed by atoms with Gasteiger partial charge in [0.2, 0.25) is 0 Å². The lowest BCUT2D eigenvalue weighted by Gasteiger charge is -2.14. The van der Waals surface area contributed by atoms with Gasteiger partial charge in [-0.05, 0) is 41.7 Å². The zero-order chi connectivity index (χ0) is 19.1. The van der Waals surface area contributed by atoms with Gasteiger partial charge in [-0.1, -0.05) is 54.9 Å². The number of rotatable bonds is 3. The summed E-state index contributed by atoms with van der Waals surface area (Å²) in [6.07, 6.45) is 0.554. The van der Waals surface area contributed by atoms with Gasteiger partial charge < -0.3 is 10.2 Å². The highest BCUT2D eigenvalue weighted by molar-refractivity contribution is 7.71. The Morgan fingerprint density at radius 1 is 1.11 bits per heavy atom. The van der Waals surface area contributed by atoms with Crippen LogP contribution in [0.3, 0.4) is 0 Å². The highest BCUT2D eigenvalue weighted by atomic mass is 35.5. The van der Waals surface area contributed by atoms with Crippen LogP contribution in [-0.2, 0) is 6.42 Å². The Hall–Kier alpha value is -2.83. The fourth-order valence-corrected chi connectivity index (χ4v) is 3.68. The molecule has 0 aliphatic heterocycles. The van der Waals surface area contributed by atoms with Crippen molar-refractivity contribution in [2.45, 2.75) is 13.3 Å². The van der Waals surface area contributed by atoms with Crippen LogP contribution in [0, 0.1) is 4.77 Å². The predicted molar refractivity (Wildman–Crippen MR) is 109 cm³/mol. The van der Waals surface area contributed by atoms with E-state index in [2.05, 4.69) is 10.2 Å². The van der Waals surface area contributed by atoms with Crippen molar-refractivity contribution in [3.63, 3.8) is 0 Å². The third kappa shape index (κ3) is 2.78. The van der Waals surface area contributed by atoms with Crippen LogP contribution in [0.15, 0.2) is 48.5 Å². The number of hydrogen-bond acceptors (Lipinski definition) is 4. The second-order valence-corrected chi connectivity index (χ2v) is 6.90. The molecule has 0 fully saturated rings. The number of fused-ring (bicyclic) bond motifs is 1. The molecule has 3 aromatic carbocycles. The molecule has 0 bridgehead atoms. The van der Waals surface area contributed by atoms with Crippen molar-refractivity contribution in [1.29, 1.82) is 0 Å². The van der Waals surface area contributed by atoms with Crippen LogP contribution >= 0.6 is 23.8 Å². The third-order valence-electron chi connectivity index (χ3n) is 4.60. The Balaban J connectivity index is 2.05. The number of aromatic hydroxyl groups is 2. The predicted octanol–water partition coefficient (Wildman–Crippen LogP) is 5.38. The minimum Gasteiger partial charge on any atom is -0.506 e. The Labute approximate surface area is 165 Å². The second-order valence-electron chi connectivity index (χ2n) is 6.13. The lowest BCUT2D eigenvalue weighted by Crippen LogP contribution is -2.00. The SMILES string of the molecule is CCc1cc(-c2n[nH]c(=S)n2-c2cccc3ccccc23)c(O)c(Cl)c1O. The van der Waals surface area contributed by atoms with Crippen molar-refractivity contribution in [1.82, 2.24) is 14.8 Å². The zero-order valence-electron chi connectivity index (χ0n) is 14.4. The first-order valence-electron chi connectivity index (χ1n) is 8.42. The molecule has 0 aliphatic rings. The molecule has 4 aromatic rings. The summed E-state index contributed by atoms with van der Waals surface area (Å²) in [4.78, 5) is 0. The van der Waals surface area contributed by atoms with Gasteiger partial charge in [0, 0.05) is 5.39 Å². The molecule has 0 spiro atoms. The Morgan fingerprint density at radius 2 is 1.85 bits per heavy atom. The topological polar surface area (TPSA) is 74.1 Å². The van der Waals surface area contributed by atoms with Crippen LogP contribution in [0.5, 0.6) is 11.5 Å². The summed E-state index contributed by atoms with van der Waals surface area (Å²) >= 11 is 11.6. The summed E-state index contributed by atoms with van der Waals surface area (Å²) in [6.45, 7) is 1.90. The number of nitrogens with one attached hydrogen (secondary N) is 1. The van der Waals surface area contributed by atoms with Crippen molar-refractivity contribution in [3.05, 3.63) is 63.9 Å². The number of halogens is 1. The van der Waals surface area contributed by atoms with Crippen molar-refractivity contribution >= 4 is 34.6 Å². The van der Waals surface area contributed by atoms with Gasteiger partial charge in [-0.3, -0.25) is 9.67 Å². The smallest absolute Gasteiger partial charge is 0.200 e. The van der Waals surface area contributed by atoms with Crippen LogP contribution in [0.4, 0.5) is 0 Å². The molecule has 0 atom stereocenters. The zero-order valence-corrected chi connectivity index (χ0v) is 16.0. The summed E-state index contributed by atoms with van der Waals surface area (Å²) in [5, 5.41) is 29.8. The van der Waals surface area contributed by atoms with E-state index in [0.717, 1.165) is 16.5 Å². The summed E-state index contributed by atoms with van der Waals surface area (Å²) < 4.78 is 2.16. The third-order valence-corrected chi connectivity index (χ3v) is 5.23. The van der Waals surface area contributed by atoms with Crippen LogP contribution in [-0.4, -0.2) is 25.0 Å². The van der Waals surface area contributed by atoms with E-state index in [1.165, 1.54) is 0 Å². The van der Waals surface area contributed by atoms with Gasteiger partial charge in [0.15, 0.2) is 10.6 Å². The first-order valence-corrected chi connectivity index (χ1v) is 9.20. The monoisotopic (exact) mass is 397 g/mol. The number of benzene rings is 3. The van der Waals surface area contributed by atoms with Crippen LogP contribution in [0.1, 0.15) is 12.5 Å². The van der Waals surface area contributed by atoms with E-state index < -0.39 is 0 Å². The number of H-pyrrole nitrogens is 1. The van der Waals surface area contributed by atoms with Crippen molar-refractivity contribution in [3.8, 4) is 28.6 Å². The van der Waals surface area contributed by atoms with E-state index in [4.69, 9.17) is 23.8 Å². The maximum Gasteiger partial charge on any atom is 0.200 e. The van der Waals surface area contributed by atoms with Crippen molar-refractivity contribution in [2.24, 2.45) is 0 Å². The molecule has 3 N–H and O–H groups in total. The Bertz CT molecular complexity index is 1220. The lowest BCUT2D eigenvalue weighted by molar-refractivity contribution is 0.448. The first-order chi connectivity index (χ1) is 13.0. The van der Waals surface area contributed by atoms with E-state index in [1.54, 1.807) is 10.6 Å². The van der Waals surface area contributed by atoms with E-state index in [9.17, 15) is 10.2 Å². The number of aryl methyl sites for hydroxylation is 1. The second kappa shape index (κ2) is 6.72. The molecule has 1 aromatic heterocycles. The number of nitrogens with zero attached hydrogens (tertiary/aromatic N) is 2. The molecule has 0 amide bonds. The number of aromatic amines is 1. The maximum atomic E-state index is 10.6.